The lowest BCUT2D eigenvalue weighted by molar-refractivity contribution is -0.141. The van der Waals surface area contributed by atoms with Gasteiger partial charge in [0.05, 0.1) is 0 Å². The second-order valence-electron chi connectivity index (χ2n) is 6.19. The topological polar surface area (TPSA) is 61.4 Å². The minimum Gasteiger partial charge on any atom is -0.351 e. The fraction of sp³-hybridized carbons (Fsp3) is 0.389. The molecule has 0 aliphatic carbocycles. The molecule has 1 amide bonds. The average molecular weight is 379 g/mol. The zero-order valence-corrected chi connectivity index (χ0v) is 14.6. The van der Waals surface area contributed by atoms with Crippen molar-refractivity contribution in [2.75, 3.05) is 44.2 Å². The van der Waals surface area contributed by atoms with Crippen molar-refractivity contribution >= 4 is 11.9 Å². The van der Waals surface area contributed by atoms with Crippen molar-refractivity contribution in [1.29, 1.82) is 0 Å². The molecule has 2 heterocycles. The Morgan fingerprint density at radius 1 is 1.07 bits per heavy atom. The van der Waals surface area contributed by atoms with E-state index in [4.69, 9.17) is 0 Å². The Kier molecular flexibility index (Phi) is 5.90. The van der Waals surface area contributed by atoms with Gasteiger partial charge in [-0.2, -0.15) is 13.2 Å². The number of piperazine rings is 1. The molecule has 1 N–H and O–H groups in total. The van der Waals surface area contributed by atoms with Gasteiger partial charge in [-0.25, -0.2) is 9.97 Å². The van der Waals surface area contributed by atoms with Crippen LogP contribution in [-0.4, -0.2) is 60.0 Å². The van der Waals surface area contributed by atoms with E-state index in [2.05, 4.69) is 20.2 Å². The van der Waals surface area contributed by atoms with Crippen molar-refractivity contribution < 1.29 is 18.0 Å². The number of nitrogens with zero attached hydrogens (tertiary/aromatic N) is 4. The molecule has 0 atom stereocenters. The number of benzene rings is 1. The minimum atomic E-state index is -4.48. The third-order valence-corrected chi connectivity index (χ3v) is 4.34. The lowest BCUT2D eigenvalue weighted by Gasteiger charge is -2.34. The van der Waals surface area contributed by atoms with Gasteiger partial charge in [0.15, 0.2) is 0 Å². The van der Waals surface area contributed by atoms with Gasteiger partial charge in [-0.3, -0.25) is 9.69 Å². The Morgan fingerprint density at radius 2 is 1.78 bits per heavy atom. The maximum atomic E-state index is 12.8. The number of halogens is 3. The number of alkyl halides is 3. The molecule has 0 unspecified atom stereocenters. The first-order chi connectivity index (χ1) is 12.9. The van der Waals surface area contributed by atoms with E-state index in [0.717, 1.165) is 12.3 Å². The zero-order chi connectivity index (χ0) is 19.3. The molecule has 1 fully saturated rings. The molecule has 27 heavy (non-hydrogen) atoms. The largest absolute Gasteiger partial charge is 0.433 e. The van der Waals surface area contributed by atoms with E-state index in [0.29, 0.717) is 44.8 Å². The Labute approximate surface area is 155 Å². The van der Waals surface area contributed by atoms with E-state index in [-0.39, 0.29) is 11.9 Å². The number of carbonyl (C=O) groups is 1. The van der Waals surface area contributed by atoms with E-state index in [1.165, 1.54) is 0 Å². The smallest absolute Gasteiger partial charge is 0.351 e. The summed E-state index contributed by atoms with van der Waals surface area (Å²) in [5.41, 5.74) is -0.317. The predicted octanol–water partition coefficient (Wildman–Crippen LogP) is 2.05. The maximum Gasteiger partial charge on any atom is 0.433 e. The van der Waals surface area contributed by atoms with Crippen LogP contribution in [0.1, 0.15) is 16.1 Å². The molecule has 6 nitrogen and oxygen atoms in total. The summed E-state index contributed by atoms with van der Waals surface area (Å²) in [4.78, 5) is 23.5. The standard InChI is InChI=1S/C18H20F3N5O/c19-18(20,21)15-6-7-23-17(24-15)26-12-10-25(11-13-26)9-8-22-16(27)14-4-2-1-3-5-14/h1-7H,8-13H2,(H,22,27). The second kappa shape index (κ2) is 8.34. The minimum absolute atomic E-state index is 0.0989. The van der Waals surface area contributed by atoms with Crippen LogP contribution in [-0.2, 0) is 6.18 Å². The lowest BCUT2D eigenvalue weighted by atomic mass is 10.2. The van der Waals surface area contributed by atoms with Gasteiger partial charge in [-0.1, -0.05) is 18.2 Å². The number of rotatable bonds is 5. The summed E-state index contributed by atoms with van der Waals surface area (Å²) >= 11 is 0. The molecule has 3 rings (SSSR count). The summed E-state index contributed by atoms with van der Waals surface area (Å²) < 4.78 is 38.3. The van der Waals surface area contributed by atoms with Crippen molar-refractivity contribution in [3.63, 3.8) is 0 Å². The molecule has 1 aromatic heterocycles. The average Bonchev–Trinajstić information content (AvgIpc) is 2.68. The Bertz CT molecular complexity index is 761. The molecule has 144 valence electrons. The van der Waals surface area contributed by atoms with Crippen molar-refractivity contribution in [2.45, 2.75) is 6.18 Å². The van der Waals surface area contributed by atoms with Gasteiger partial charge in [0, 0.05) is 51.0 Å². The number of hydrogen-bond donors (Lipinski definition) is 1. The number of hydrogen-bond acceptors (Lipinski definition) is 5. The highest BCUT2D eigenvalue weighted by atomic mass is 19.4. The van der Waals surface area contributed by atoms with Gasteiger partial charge in [-0.05, 0) is 18.2 Å². The molecular weight excluding hydrogens is 359 g/mol. The predicted molar refractivity (Wildman–Crippen MR) is 94.5 cm³/mol. The molecule has 0 radical (unpaired) electrons. The van der Waals surface area contributed by atoms with Crippen LogP contribution in [0.25, 0.3) is 0 Å². The van der Waals surface area contributed by atoms with Crippen LogP contribution in [0.15, 0.2) is 42.6 Å². The first-order valence-electron chi connectivity index (χ1n) is 8.64. The van der Waals surface area contributed by atoms with Crippen molar-refractivity contribution in [1.82, 2.24) is 20.2 Å². The highest BCUT2D eigenvalue weighted by Crippen LogP contribution is 2.28. The molecular formula is C18H20F3N5O. The number of nitrogens with one attached hydrogen (secondary N) is 1. The fourth-order valence-electron chi connectivity index (χ4n) is 2.85. The summed E-state index contributed by atoms with van der Waals surface area (Å²) in [6, 6.07) is 9.85. The van der Waals surface area contributed by atoms with Gasteiger partial charge < -0.3 is 10.2 Å². The second-order valence-corrected chi connectivity index (χ2v) is 6.19. The number of carbonyl (C=O) groups excluding carboxylic acids is 1. The highest BCUT2D eigenvalue weighted by molar-refractivity contribution is 5.94. The molecule has 1 aliphatic heterocycles. The number of amides is 1. The van der Waals surface area contributed by atoms with E-state index in [9.17, 15) is 18.0 Å². The highest BCUT2D eigenvalue weighted by Gasteiger charge is 2.33. The SMILES string of the molecule is O=C(NCCN1CCN(c2nccc(C(F)(F)F)n2)CC1)c1ccccc1. The first kappa shape index (κ1) is 19.1. The Balaban J connectivity index is 1.45. The van der Waals surface area contributed by atoms with E-state index < -0.39 is 11.9 Å². The lowest BCUT2D eigenvalue weighted by Crippen LogP contribution is -2.49. The number of aromatic nitrogens is 2. The third kappa shape index (κ3) is 5.16. The Morgan fingerprint density at radius 3 is 2.44 bits per heavy atom. The van der Waals surface area contributed by atoms with Crippen LogP contribution in [0, 0.1) is 0 Å². The molecule has 0 spiro atoms. The van der Waals surface area contributed by atoms with Crippen molar-refractivity contribution in [3.8, 4) is 0 Å². The summed E-state index contributed by atoms with van der Waals surface area (Å²) in [6.45, 7) is 3.59. The summed E-state index contributed by atoms with van der Waals surface area (Å²) in [7, 11) is 0. The van der Waals surface area contributed by atoms with Gasteiger partial charge in [0.2, 0.25) is 5.95 Å². The molecule has 0 saturated carbocycles. The van der Waals surface area contributed by atoms with Crippen LogP contribution in [0.4, 0.5) is 19.1 Å². The quantitative estimate of drug-likeness (QED) is 0.862. The summed E-state index contributed by atoms with van der Waals surface area (Å²) in [5.74, 6) is -0.0199. The molecule has 0 bridgehead atoms. The molecule has 2 aromatic rings. The molecule has 1 aliphatic rings. The van der Waals surface area contributed by atoms with Crippen LogP contribution >= 0.6 is 0 Å². The van der Waals surface area contributed by atoms with Crippen LogP contribution in [0.2, 0.25) is 0 Å². The summed E-state index contributed by atoms with van der Waals surface area (Å²) in [5, 5.41) is 2.87. The maximum absolute atomic E-state index is 12.8. The third-order valence-electron chi connectivity index (χ3n) is 4.34. The Hall–Kier alpha value is -2.68. The van der Waals surface area contributed by atoms with Crippen LogP contribution < -0.4 is 10.2 Å². The van der Waals surface area contributed by atoms with E-state index in [1.807, 2.05) is 18.2 Å². The first-order valence-corrected chi connectivity index (χ1v) is 8.64. The fourth-order valence-corrected chi connectivity index (χ4v) is 2.85. The van der Waals surface area contributed by atoms with E-state index in [1.54, 1.807) is 17.0 Å². The monoisotopic (exact) mass is 379 g/mol. The van der Waals surface area contributed by atoms with Gasteiger partial charge in [0.25, 0.3) is 5.91 Å². The summed E-state index contributed by atoms with van der Waals surface area (Å²) in [6.07, 6.45) is -3.34. The molecule has 9 heteroatoms. The van der Waals surface area contributed by atoms with E-state index >= 15 is 0 Å². The van der Waals surface area contributed by atoms with Gasteiger partial charge in [-0.15, -0.1) is 0 Å². The van der Waals surface area contributed by atoms with Gasteiger partial charge >= 0.3 is 6.18 Å². The van der Waals surface area contributed by atoms with Crippen LogP contribution in [0.3, 0.4) is 0 Å². The normalized spacial score (nSPS) is 15.6. The zero-order valence-electron chi connectivity index (χ0n) is 14.6. The van der Waals surface area contributed by atoms with Gasteiger partial charge in [0.1, 0.15) is 5.69 Å². The molecule has 1 saturated heterocycles. The molecule has 1 aromatic carbocycles. The van der Waals surface area contributed by atoms with Crippen molar-refractivity contribution in [2.24, 2.45) is 0 Å². The van der Waals surface area contributed by atoms with Crippen molar-refractivity contribution in [3.05, 3.63) is 53.9 Å². The number of anilines is 1. The van der Waals surface area contributed by atoms with Crippen LogP contribution in [0.5, 0.6) is 0 Å².